The van der Waals surface area contributed by atoms with Crippen molar-refractivity contribution in [1.82, 2.24) is 0 Å². The van der Waals surface area contributed by atoms with Crippen LogP contribution < -0.4 is 10.4 Å². The average Bonchev–Trinajstić information content (AvgIpc) is 2.14. The topological polar surface area (TPSA) is 17.1 Å². The first kappa shape index (κ1) is 14.7. The van der Waals surface area contributed by atoms with Crippen LogP contribution in [0, 0.1) is 0 Å². The van der Waals surface area contributed by atoms with E-state index in [0.29, 0.717) is 5.56 Å². The zero-order valence-corrected chi connectivity index (χ0v) is 14.3. The summed E-state index contributed by atoms with van der Waals surface area (Å²) in [7, 11) is -2.87. The zero-order chi connectivity index (χ0) is 13.4. The lowest BCUT2D eigenvalue weighted by atomic mass is 10.2. The molecule has 0 aliphatic heterocycles. The van der Waals surface area contributed by atoms with E-state index in [1.807, 2.05) is 6.07 Å². The second-order valence-electron chi connectivity index (χ2n) is 6.53. The molecule has 1 nitrogen and oxygen atoms in total. The summed E-state index contributed by atoms with van der Waals surface area (Å²) in [6.07, 6.45) is 0. The first-order valence-electron chi connectivity index (χ1n) is 5.88. The Balaban J connectivity index is 3.46. The quantitative estimate of drug-likeness (QED) is 0.616. The first-order valence-corrected chi connectivity index (χ1v) is 13.3. The Morgan fingerprint density at radius 3 is 1.88 bits per heavy atom. The van der Waals surface area contributed by atoms with Crippen LogP contribution in [0.15, 0.2) is 18.2 Å². The molecule has 1 rings (SSSR count). The molecule has 0 N–H and O–H groups in total. The van der Waals surface area contributed by atoms with Gasteiger partial charge in [-0.1, -0.05) is 62.7 Å². The summed E-state index contributed by atoms with van der Waals surface area (Å²) in [6, 6.07) is 6.22. The van der Waals surface area contributed by atoms with Crippen molar-refractivity contribution < 1.29 is 4.79 Å². The number of carbonyl (C=O) groups is 1. The van der Waals surface area contributed by atoms with Gasteiger partial charge in [0.05, 0.1) is 16.1 Å². The van der Waals surface area contributed by atoms with Crippen molar-refractivity contribution in [3.05, 3.63) is 23.8 Å². The smallest absolute Gasteiger partial charge is 0.252 e. The van der Waals surface area contributed by atoms with Crippen molar-refractivity contribution >= 4 is 43.4 Å². The van der Waals surface area contributed by atoms with E-state index in [1.165, 1.54) is 10.4 Å². The number of hydrogen-bond acceptors (Lipinski definition) is 1. The van der Waals surface area contributed by atoms with Gasteiger partial charge in [-0.25, -0.2) is 0 Å². The molecular formula is C13H21ClOSi2. The van der Waals surface area contributed by atoms with Gasteiger partial charge in [-0.2, -0.15) is 0 Å². The summed E-state index contributed by atoms with van der Waals surface area (Å²) in [5.74, 6) is 0. The Morgan fingerprint density at radius 1 is 1.00 bits per heavy atom. The maximum Gasteiger partial charge on any atom is 0.252 e. The molecule has 17 heavy (non-hydrogen) atoms. The third kappa shape index (κ3) is 3.53. The lowest BCUT2D eigenvalue weighted by Gasteiger charge is -2.24. The van der Waals surface area contributed by atoms with Crippen LogP contribution in [-0.4, -0.2) is 21.4 Å². The van der Waals surface area contributed by atoms with Crippen molar-refractivity contribution in [2.45, 2.75) is 39.3 Å². The highest BCUT2D eigenvalue weighted by molar-refractivity contribution is 6.92. The third-order valence-corrected chi connectivity index (χ3v) is 7.18. The molecule has 0 atom stereocenters. The van der Waals surface area contributed by atoms with Crippen LogP contribution in [0.4, 0.5) is 0 Å². The fraction of sp³-hybridized carbons (Fsp3) is 0.462. The summed E-state index contributed by atoms with van der Waals surface area (Å²) < 4.78 is 0. The summed E-state index contributed by atoms with van der Waals surface area (Å²) >= 11 is 5.68. The van der Waals surface area contributed by atoms with Gasteiger partial charge in [0.25, 0.3) is 5.24 Å². The van der Waals surface area contributed by atoms with Crippen LogP contribution in [0.3, 0.4) is 0 Å². The number of halogens is 1. The average molecular weight is 285 g/mol. The Labute approximate surface area is 111 Å². The van der Waals surface area contributed by atoms with Crippen molar-refractivity contribution in [3.8, 4) is 0 Å². The minimum Gasteiger partial charge on any atom is -0.276 e. The van der Waals surface area contributed by atoms with Crippen LogP contribution in [0.2, 0.25) is 39.3 Å². The SMILES string of the molecule is C[Si](C)(C)c1ccc(C(=O)Cl)c([Si](C)(C)C)c1. The van der Waals surface area contributed by atoms with Crippen molar-refractivity contribution in [3.63, 3.8) is 0 Å². The van der Waals surface area contributed by atoms with Gasteiger partial charge in [-0.3, -0.25) is 4.79 Å². The van der Waals surface area contributed by atoms with Gasteiger partial charge in [0, 0.05) is 5.56 Å². The Kier molecular flexibility index (Phi) is 4.06. The Bertz CT molecular complexity index is 442. The van der Waals surface area contributed by atoms with E-state index in [-0.39, 0.29) is 5.24 Å². The molecule has 0 bridgehead atoms. The van der Waals surface area contributed by atoms with Crippen LogP contribution in [-0.2, 0) is 0 Å². The second-order valence-corrected chi connectivity index (χ2v) is 17.0. The molecule has 0 aromatic heterocycles. The van der Waals surface area contributed by atoms with E-state index in [2.05, 4.69) is 51.4 Å². The molecule has 0 saturated carbocycles. The summed E-state index contributed by atoms with van der Waals surface area (Å²) in [5.41, 5.74) is 0.702. The first-order chi connectivity index (χ1) is 7.53. The standard InChI is InChI=1S/C13H21ClOSi2/c1-16(2,3)10-7-8-11(13(14)15)12(9-10)17(4,5)6/h7-9H,1-6H3. The van der Waals surface area contributed by atoms with Crippen LogP contribution in [0.5, 0.6) is 0 Å². The van der Waals surface area contributed by atoms with E-state index >= 15 is 0 Å². The van der Waals surface area contributed by atoms with Crippen LogP contribution in [0.25, 0.3) is 0 Å². The molecule has 94 valence electrons. The summed E-state index contributed by atoms with van der Waals surface area (Å²) in [5, 5.41) is 2.26. The van der Waals surface area contributed by atoms with Gasteiger partial charge in [0.15, 0.2) is 0 Å². The molecule has 4 heteroatoms. The molecule has 0 spiro atoms. The number of benzene rings is 1. The van der Waals surface area contributed by atoms with E-state index in [1.54, 1.807) is 0 Å². The number of carbonyl (C=O) groups excluding carboxylic acids is 1. The van der Waals surface area contributed by atoms with E-state index in [9.17, 15) is 4.79 Å². The van der Waals surface area contributed by atoms with Gasteiger partial charge in [-0.15, -0.1) is 0 Å². The lowest BCUT2D eigenvalue weighted by Crippen LogP contribution is -2.47. The predicted octanol–water partition coefficient (Wildman–Crippen LogP) is 3.16. The molecular weight excluding hydrogens is 264 g/mol. The fourth-order valence-electron chi connectivity index (χ4n) is 1.80. The molecule has 0 saturated heterocycles. The molecule has 0 heterocycles. The molecule has 1 aromatic carbocycles. The largest absolute Gasteiger partial charge is 0.276 e. The summed E-state index contributed by atoms with van der Waals surface area (Å²) in [6.45, 7) is 13.7. The molecule has 0 aliphatic carbocycles. The molecule has 0 radical (unpaired) electrons. The van der Waals surface area contributed by atoms with Crippen molar-refractivity contribution in [2.75, 3.05) is 0 Å². The predicted molar refractivity (Wildman–Crippen MR) is 82.6 cm³/mol. The lowest BCUT2D eigenvalue weighted by molar-refractivity contribution is 0.108. The highest BCUT2D eigenvalue weighted by Gasteiger charge is 2.26. The second kappa shape index (κ2) is 4.71. The van der Waals surface area contributed by atoms with Crippen molar-refractivity contribution in [1.29, 1.82) is 0 Å². The monoisotopic (exact) mass is 284 g/mol. The van der Waals surface area contributed by atoms with Gasteiger partial charge in [0.2, 0.25) is 0 Å². The molecule has 0 fully saturated rings. The van der Waals surface area contributed by atoms with E-state index in [4.69, 9.17) is 11.6 Å². The van der Waals surface area contributed by atoms with Gasteiger partial charge < -0.3 is 0 Å². The van der Waals surface area contributed by atoms with E-state index in [0.717, 1.165) is 0 Å². The maximum absolute atomic E-state index is 11.5. The Hall–Kier alpha value is -0.386. The van der Waals surface area contributed by atoms with Crippen LogP contribution in [0.1, 0.15) is 10.4 Å². The number of hydrogen-bond donors (Lipinski definition) is 0. The molecule has 0 unspecified atom stereocenters. The highest BCUT2D eigenvalue weighted by Crippen LogP contribution is 2.11. The molecule has 0 amide bonds. The summed E-state index contributed by atoms with van der Waals surface area (Å²) in [4.78, 5) is 11.5. The van der Waals surface area contributed by atoms with E-state index < -0.39 is 16.1 Å². The third-order valence-electron chi connectivity index (χ3n) is 2.91. The van der Waals surface area contributed by atoms with Crippen molar-refractivity contribution in [2.24, 2.45) is 0 Å². The van der Waals surface area contributed by atoms with Crippen LogP contribution >= 0.6 is 11.6 Å². The zero-order valence-electron chi connectivity index (χ0n) is 11.5. The molecule has 1 aromatic rings. The van der Waals surface area contributed by atoms with Gasteiger partial charge >= 0.3 is 0 Å². The number of rotatable bonds is 3. The van der Waals surface area contributed by atoms with Gasteiger partial charge in [-0.05, 0) is 16.8 Å². The minimum absolute atomic E-state index is 0.329. The normalized spacial score (nSPS) is 12.6. The fourth-order valence-corrected chi connectivity index (χ4v) is 4.95. The Morgan fingerprint density at radius 2 is 1.53 bits per heavy atom. The van der Waals surface area contributed by atoms with Gasteiger partial charge in [0.1, 0.15) is 0 Å². The molecule has 0 aliphatic rings. The maximum atomic E-state index is 11.5. The minimum atomic E-state index is -1.53. The highest BCUT2D eigenvalue weighted by atomic mass is 35.5.